The molecule has 0 aliphatic rings. The van der Waals surface area contributed by atoms with E-state index in [1.165, 1.54) is 55.9 Å². The van der Waals surface area contributed by atoms with Gasteiger partial charge >= 0.3 is 6.09 Å². The Labute approximate surface area is 254 Å². The van der Waals surface area contributed by atoms with E-state index in [0.717, 1.165) is 6.26 Å². The Morgan fingerprint density at radius 2 is 1.77 bits per heavy atom. The fourth-order valence-corrected chi connectivity index (χ4v) is 4.19. The van der Waals surface area contributed by atoms with E-state index in [1.54, 1.807) is 26.8 Å². The van der Waals surface area contributed by atoms with E-state index in [1.807, 2.05) is 0 Å². The van der Waals surface area contributed by atoms with Crippen LogP contribution >= 0.6 is 11.6 Å². The summed E-state index contributed by atoms with van der Waals surface area (Å²) in [7, 11) is -2.25. The van der Waals surface area contributed by atoms with Crippen LogP contribution in [-0.4, -0.2) is 74.5 Å². The van der Waals surface area contributed by atoms with Crippen LogP contribution in [-0.2, 0) is 19.3 Å². The van der Waals surface area contributed by atoms with Crippen molar-refractivity contribution in [1.29, 1.82) is 0 Å². The third kappa shape index (κ3) is 10.2. The molecule has 0 radical (unpaired) electrons. The molecule has 2 aromatic heterocycles. The van der Waals surface area contributed by atoms with Crippen molar-refractivity contribution in [2.75, 3.05) is 37.2 Å². The number of methoxy groups -OCH3 is 1. The summed E-state index contributed by atoms with van der Waals surface area (Å²) in [6, 6.07) is 9.82. The lowest BCUT2D eigenvalue weighted by molar-refractivity contribution is 0.0365. The minimum absolute atomic E-state index is 0.00927. The van der Waals surface area contributed by atoms with Gasteiger partial charge in [-0.05, 0) is 63.2 Å². The summed E-state index contributed by atoms with van der Waals surface area (Å²) in [4.78, 5) is 46.3. The fraction of sp³-hybridized carbons (Fsp3) is 0.321. The lowest BCUT2D eigenvalue weighted by Crippen LogP contribution is -2.39. The molecule has 0 aliphatic carbocycles. The third-order valence-electron chi connectivity index (χ3n) is 5.50. The number of hydrogen-bond acceptors (Lipinski definition) is 10. The number of amides is 3. The summed E-state index contributed by atoms with van der Waals surface area (Å²) in [6.45, 7) is 5.03. The molecule has 3 amide bonds. The Morgan fingerprint density at radius 1 is 1.02 bits per heavy atom. The summed E-state index contributed by atoms with van der Waals surface area (Å²) >= 11 is 5.84. The number of pyridine rings is 2. The number of carbonyl (C=O) groups excluding carboxylic acids is 3. The number of halogens is 1. The number of rotatable bonds is 11. The second-order valence-corrected chi connectivity index (χ2v) is 12.6. The van der Waals surface area contributed by atoms with E-state index < -0.39 is 39.4 Å². The second kappa shape index (κ2) is 14.3. The number of ether oxygens (including phenoxy) is 3. The zero-order chi connectivity index (χ0) is 31.8. The van der Waals surface area contributed by atoms with E-state index in [9.17, 15) is 22.8 Å². The van der Waals surface area contributed by atoms with Gasteiger partial charge in [0.1, 0.15) is 29.9 Å². The number of anilines is 2. The van der Waals surface area contributed by atoms with Crippen LogP contribution in [0.1, 0.15) is 41.6 Å². The highest BCUT2D eigenvalue weighted by atomic mass is 35.5. The molecule has 43 heavy (non-hydrogen) atoms. The fourth-order valence-electron chi connectivity index (χ4n) is 3.45. The van der Waals surface area contributed by atoms with Crippen LogP contribution in [0.5, 0.6) is 5.75 Å². The van der Waals surface area contributed by atoms with Crippen LogP contribution in [0.25, 0.3) is 0 Å². The zero-order valence-corrected chi connectivity index (χ0v) is 25.7. The largest absolute Gasteiger partial charge is 0.490 e. The monoisotopic (exact) mass is 633 g/mol. The first-order valence-electron chi connectivity index (χ1n) is 12.8. The van der Waals surface area contributed by atoms with Gasteiger partial charge in [0.2, 0.25) is 0 Å². The standard InChI is InChI=1S/C28H32ClN5O8S/c1-28(2,3)42-27(37)32-15-18(40-4)16-41-22-13-19(43(5,38)39)9-10-20(22)25(35)33-21-7-6-12-30-24(21)26(36)34-23-11-8-17(29)14-31-23/h6-14,18H,15-16H2,1-5H3,(H,32,37)(H,33,35)(H,31,34,36)/t18-/m0/s1. The smallest absolute Gasteiger partial charge is 0.407 e. The van der Waals surface area contributed by atoms with Gasteiger partial charge in [-0.15, -0.1) is 0 Å². The molecule has 15 heteroatoms. The van der Waals surface area contributed by atoms with Crippen molar-refractivity contribution in [2.24, 2.45) is 0 Å². The summed E-state index contributed by atoms with van der Waals surface area (Å²) in [6.07, 6.45) is 2.43. The molecule has 0 fully saturated rings. The van der Waals surface area contributed by atoms with Gasteiger partial charge in [0, 0.05) is 25.8 Å². The van der Waals surface area contributed by atoms with Crippen LogP contribution < -0.4 is 20.7 Å². The summed E-state index contributed by atoms with van der Waals surface area (Å²) in [5.41, 5.74) is -0.750. The van der Waals surface area contributed by atoms with Crippen LogP contribution in [0, 0.1) is 0 Å². The Hall–Kier alpha value is -4.27. The predicted molar refractivity (Wildman–Crippen MR) is 159 cm³/mol. The van der Waals surface area contributed by atoms with Crippen molar-refractivity contribution in [2.45, 2.75) is 37.4 Å². The van der Waals surface area contributed by atoms with Crippen LogP contribution in [0.4, 0.5) is 16.3 Å². The molecule has 3 rings (SSSR count). The Morgan fingerprint density at radius 3 is 2.40 bits per heavy atom. The number of aromatic nitrogens is 2. The summed E-state index contributed by atoms with van der Waals surface area (Å²) < 4.78 is 40.9. The van der Waals surface area contributed by atoms with E-state index >= 15 is 0 Å². The Kier molecular flexibility index (Phi) is 11.0. The lowest BCUT2D eigenvalue weighted by atomic mass is 10.1. The van der Waals surface area contributed by atoms with Gasteiger partial charge in [-0.1, -0.05) is 11.6 Å². The molecule has 0 unspecified atom stereocenters. The molecular formula is C28H32ClN5O8S. The van der Waals surface area contributed by atoms with E-state index in [-0.39, 0.29) is 46.6 Å². The molecule has 0 saturated heterocycles. The lowest BCUT2D eigenvalue weighted by Gasteiger charge is -2.22. The van der Waals surface area contributed by atoms with Crippen LogP contribution in [0.2, 0.25) is 5.02 Å². The van der Waals surface area contributed by atoms with Crippen molar-refractivity contribution in [3.8, 4) is 5.75 Å². The molecule has 1 atom stereocenters. The van der Waals surface area contributed by atoms with E-state index in [2.05, 4.69) is 25.9 Å². The molecule has 230 valence electrons. The number of benzene rings is 1. The Bertz CT molecular complexity index is 1580. The van der Waals surface area contributed by atoms with Crippen LogP contribution in [0.15, 0.2) is 59.8 Å². The Balaban J connectivity index is 1.80. The minimum Gasteiger partial charge on any atom is -0.490 e. The molecule has 0 aliphatic heterocycles. The predicted octanol–water partition coefficient (Wildman–Crippen LogP) is 3.96. The van der Waals surface area contributed by atoms with Gasteiger partial charge in [0.15, 0.2) is 15.5 Å². The van der Waals surface area contributed by atoms with Gasteiger partial charge in [-0.25, -0.2) is 23.2 Å². The first kappa shape index (κ1) is 33.2. The number of sulfone groups is 1. The molecule has 0 saturated carbocycles. The SMILES string of the molecule is CO[C@@H](CNC(=O)OC(C)(C)C)COc1cc(S(C)(=O)=O)ccc1C(=O)Nc1cccnc1C(=O)Nc1ccc(Cl)cn1. The molecule has 1 aromatic carbocycles. The number of nitrogens with one attached hydrogen (secondary N) is 3. The maximum atomic E-state index is 13.4. The quantitative estimate of drug-likeness (QED) is 0.280. The van der Waals surface area contributed by atoms with Crippen LogP contribution in [0.3, 0.4) is 0 Å². The highest BCUT2D eigenvalue weighted by Gasteiger charge is 2.22. The van der Waals surface area contributed by atoms with E-state index in [4.69, 9.17) is 25.8 Å². The average molecular weight is 634 g/mol. The van der Waals surface area contributed by atoms with Crippen molar-refractivity contribution in [3.63, 3.8) is 0 Å². The number of alkyl carbamates (subject to hydrolysis) is 1. The minimum atomic E-state index is -3.65. The van der Waals surface area contributed by atoms with Crippen molar-refractivity contribution < 1.29 is 37.0 Å². The topological polar surface area (TPSA) is 175 Å². The molecule has 3 N–H and O–H groups in total. The first-order valence-corrected chi connectivity index (χ1v) is 15.1. The molecule has 2 heterocycles. The molecule has 0 bridgehead atoms. The van der Waals surface area contributed by atoms with Crippen molar-refractivity contribution in [1.82, 2.24) is 15.3 Å². The van der Waals surface area contributed by atoms with Gasteiger partial charge in [0.05, 0.1) is 27.7 Å². The highest BCUT2D eigenvalue weighted by Crippen LogP contribution is 2.26. The molecule has 13 nitrogen and oxygen atoms in total. The second-order valence-electron chi connectivity index (χ2n) is 10.2. The number of carbonyl (C=O) groups is 3. The molecular weight excluding hydrogens is 602 g/mol. The maximum Gasteiger partial charge on any atom is 0.407 e. The van der Waals surface area contributed by atoms with Gasteiger partial charge in [0.25, 0.3) is 11.8 Å². The highest BCUT2D eigenvalue weighted by molar-refractivity contribution is 7.90. The molecule has 3 aromatic rings. The summed E-state index contributed by atoms with van der Waals surface area (Å²) in [5.74, 6) is -1.20. The zero-order valence-electron chi connectivity index (χ0n) is 24.1. The summed E-state index contributed by atoms with van der Waals surface area (Å²) in [5, 5.41) is 8.17. The van der Waals surface area contributed by atoms with Gasteiger partial charge < -0.3 is 30.2 Å². The van der Waals surface area contributed by atoms with Crippen molar-refractivity contribution in [3.05, 3.63) is 71.1 Å². The number of nitrogens with zero attached hydrogens (tertiary/aromatic N) is 2. The molecule has 0 spiro atoms. The first-order chi connectivity index (χ1) is 20.2. The van der Waals surface area contributed by atoms with E-state index in [0.29, 0.717) is 5.02 Å². The van der Waals surface area contributed by atoms with Gasteiger partial charge in [-0.2, -0.15) is 0 Å². The normalized spacial score (nSPS) is 12.1. The maximum absolute atomic E-state index is 13.4. The van der Waals surface area contributed by atoms with Crippen molar-refractivity contribution >= 4 is 50.9 Å². The number of hydrogen-bond donors (Lipinski definition) is 3. The third-order valence-corrected chi connectivity index (χ3v) is 6.83. The van der Waals surface area contributed by atoms with Gasteiger partial charge in [-0.3, -0.25) is 9.59 Å². The average Bonchev–Trinajstić information content (AvgIpc) is 2.93.